The molecule has 9 heteroatoms. The van der Waals surface area contributed by atoms with Crippen molar-refractivity contribution in [3.63, 3.8) is 0 Å². The number of sulfonamides is 1. The number of benzene rings is 2. The third-order valence-electron chi connectivity index (χ3n) is 3.37. The lowest BCUT2D eigenvalue weighted by molar-refractivity contribution is 0.102. The summed E-state index contributed by atoms with van der Waals surface area (Å²) in [6.45, 7) is 0. The number of thioether (sulfide) groups is 1. The topological polar surface area (TPSA) is 88.2 Å². The van der Waals surface area contributed by atoms with E-state index >= 15 is 0 Å². The van der Waals surface area contributed by atoms with Gasteiger partial charge in [0.15, 0.2) is 5.13 Å². The highest BCUT2D eigenvalue weighted by molar-refractivity contribution is 7.98. The monoisotopic (exact) mass is 405 g/mol. The molecule has 0 saturated carbocycles. The van der Waals surface area contributed by atoms with Crippen molar-refractivity contribution in [1.29, 1.82) is 0 Å². The van der Waals surface area contributed by atoms with Gasteiger partial charge in [0.05, 0.1) is 10.6 Å². The van der Waals surface area contributed by atoms with E-state index < -0.39 is 15.9 Å². The summed E-state index contributed by atoms with van der Waals surface area (Å²) in [6.07, 6.45) is 1.92. The smallest absolute Gasteiger partial charge is 0.275 e. The molecule has 1 heterocycles. The van der Waals surface area contributed by atoms with Crippen molar-refractivity contribution < 1.29 is 13.2 Å². The fourth-order valence-corrected chi connectivity index (χ4v) is 4.65. The predicted molar refractivity (Wildman–Crippen MR) is 106 cm³/mol. The molecule has 6 nitrogen and oxygen atoms in total. The molecular formula is C17H15N3O3S3. The number of anilines is 2. The molecule has 0 bridgehead atoms. The zero-order valence-electron chi connectivity index (χ0n) is 13.7. The Labute approximate surface area is 159 Å². The highest BCUT2D eigenvalue weighted by atomic mass is 32.2. The number of carbonyl (C=O) groups is 1. The van der Waals surface area contributed by atoms with Gasteiger partial charge in [-0.25, -0.2) is 13.4 Å². The van der Waals surface area contributed by atoms with Crippen LogP contribution >= 0.6 is 23.1 Å². The van der Waals surface area contributed by atoms with Gasteiger partial charge in [0.2, 0.25) is 0 Å². The lowest BCUT2D eigenvalue weighted by Gasteiger charge is -2.07. The van der Waals surface area contributed by atoms with E-state index in [2.05, 4.69) is 15.0 Å². The number of amides is 1. The average Bonchev–Trinajstić information content (AvgIpc) is 3.11. The molecule has 0 spiro atoms. The minimum Gasteiger partial charge on any atom is -0.320 e. The van der Waals surface area contributed by atoms with E-state index in [-0.39, 0.29) is 15.7 Å². The van der Waals surface area contributed by atoms with Gasteiger partial charge >= 0.3 is 0 Å². The number of hydrogen-bond donors (Lipinski definition) is 2. The van der Waals surface area contributed by atoms with Crippen LogP contribution in [0.3, 0.4) is 0 Å². The van der Waals surface area contributed by atoms with Crippen LogP contribution in [0.1, 0.15) is 10.5 Å². The Balaban J connectivity index is 1.74. The zero-order valence-corrected chi connectivity index (χ0v) is 16.1. The molecule has 134 valence electrons. The SMILES string of the molecule is CSc1ccccc1NC(=O)c1csc(NS(=O)(=O)c2ccccc2)n1. The lowest BCUT2D eigenvalue weighted by Crippen LogP contribution is -2.15. The first-order valence-corrected chi connectivity index (χ1v) is 11.1. The lowest BCUT2D eigenvalue weighted by atomic mass is 10.3. The number of carbonyl (C=O) groups excluding carboxylic acids is 1. The maximum atomic E-state index is 12.4. The molecule has 0 unspecified atom stereocenters. The molecule has 2 aromatic carbocycles. The van der Waals surface area contributed by atoms with Crippen LogP contribution in [-0.4, -0.2) is 25.6 Å². The van der Waals surface area contributed by atoms with Gasteiger partial charge in [-0.15, -0.1) is 23.1 Å². The average molecular weight is 406 g/mol. The van der Waals surface area contributed by atoms with Crippen LogP contribution in [0.5, 0.6) is 0 Å². The van der Waals surface area contributed by atoms with Crippen molar-refractivity contribution in [3.8, 4) is 0 Å². The summed E-state index contributed by atoms with van der Waals surface area (Å²) in [4.78, 5) is 17.5. The Hall–Kier alpha value is -2.36. The van der Waals surface area contributed by atoms with Crippen LogP contribution in [0.25, 0.3) is 0 Å². The Bertz CT molecular complexity index is 1020. The van der Waals surface area contributed by atoms with Crippen molar-refractivity contribution in [3.05, 3.63) is 65.7 Å². The second kappa shape index (κ2) is 7.90. The van der Waals surface area contributed by atoms with Gasteiger partial charge in [0.1, 0.15) is 5.69 Å². The number of para-hydroxylation sites is 1. The zero-order chi connectivity index (χ0) is 18.6. The largest absolute Gasteiger partial charge is 0.320 e. The maximum absolute atomic E-state index is 12.4. The summed E-state index contributed by atoms with van der Waals surface area (Å²) in [5.74, 6) is -0.395. The molecule has 0 radical (unpaired) electrons. The highest BCUT2D eigenvalue weighted by Gasteiger charge is 2.18. The van der Waals surface area contributed by atoms with Crippen LogP contribution in [0.4, 0.5) is 10.8 Å². The Morgan fingerprint density at radius 1 is 1.08 bits per heavy atom. The number of nitrogens with one attached hydrogen (secondary N) is 2. The summed E-state index contributed by atoms with van der Waals surface area (Å²) < 4.78 is 27.0. The van der Waals surface area contributed by atoms with Crippen molar-refractivity contribution in [2.24, 2.45) is 0 Å². The standard InChI is InChI=1S/C17H15N3O3S3/c1-24-15-10-6-5-9-13(15)18-16(21)14-11-25-17(19-14)20-26(22,23)12-7-3-2-4-8-12/h2-11H,1H3,(H,18,21)(H,19,20). The minimum atomic E-state index is -3.73. The van der Waals surface area contributed by atoms with Crippen molar-refractivity contribution in [1.82, 2.24) is 4.98 Å². The maximum Gasteiger partial charge on any atom is 0.275 e. The second-order valence-electron chi connectivity index (χ2n) is 5.11. The first-order chi connectivity index (χ1) is 12.5. The molecule has 0 aliphatic rings. The summed E-state index contributed by atoms with van der Waals surface area (Å²) in [5.41, 5.74) is 0.834. The molecule has 0 aliphatic heterocycles. The Morgan fingerprint density at radius 3 is 2.50 bits per heavy atom. The summed E-state index contributed by atoms with van der Waals surface area (Å²) >= 11 is 2.57. The normalized spacial score (nSPS) is 11.1. The summed E-state index contributed by atoms with van der Waals surface area (Å²) in [6, 6.07) is 15.4. The third kappa shape index (κ3) is 4.24. The molecule has 1 aromatic heterocycles. The molecule has 1 amide bonds. The molecular weight excluding hydrogens is 390 g/mol. The van der Waals surface area contributed by atoms with E-state index in [0.717, 1.165) is 16.2 Å². The molecule has 26 heavy (non-hydrogen) atoms. The first-order valence-electron chi connectivity index (χ1n) is 7.47. The fourth-order valence-electron chi connectivity index (χ4n) is 2.13. The van der Waals surface area contributed by atoms with Gasteiger partial charge in [0.25, 0.3) is 15.9 Å². The van der Waals surface area contributed by atoms with Crippen LogP contribution < -0.4 is 10.0 Å². The van der Waals surface area contributed by atoms with Gasteiger partial charge in [-0.2, -0.15) is 0 Å². The number of rotatable bonds is 6. The van der Waals surface area contributed by atoms with Gasteiger partial charge in [-0.05, 0) is 30.5 Å². The minimum absolute atomic E-state index is 0.134. The molecule has 3 rings (SSSR count). The first kappa shape index (κ1) is 18.4. The number of aromatic nitrogens is 1. The van der Waals surface area contributed by atoms with Crippen LogP contribution in [0.15, 0.2) is 69.8 Å². The molecule has 2 N–H and O–H groups in total. The molecule has 0 fully saturated rings. The van der Waals surface area contributed by atoms with E-state index in [0.29, 0.717) is 5.69 Å². The van der Waals surface area contributed by atoms with Crippen LogP contribution in [0, 0.1) is 0 Å². The fraction of sp³-hybridized carbons (Fsp3) is 0.0588. The predicted octanol–water partition coefficient (Wildman–Crippen LogP) is 3.92. The molecule has 0 atom stereocenters. The van der Waals surface area contributed by atoms with E-state index in [1.54, 1.807) is 24.3 Å². The third-order valence-corrected chi connectivity index (χ3v) is 6.40. The van der Waals surface area contributed by atoms with E-state index in [9.17, 15) is 13.2 Å². The van der Waals surface area contributed by atoms with Gasteiger partial charge in [-0.1, -0.05) is 30.3 Å². The van der Waals surface area contributed by atoms with Gasteiger partial charge in [-0.3, -0.25) is 9.52 Å². The molecule has 3 aromatic rings. The van der Waals surface area contributed by atoms with E-state index in [4.69, 9.17) is 0 Å². The molecule has 0 saturated heterocycles. The highest BCUT2D eigenvalue weighted by Crippen LogP contribution is 2.26. The van der Waals surface area contributed by atoms with Gasteiger partial charge < -0.3 is 5.32 Å². The number of thiazole rings is 1. The Morgan fingerprint density at radius 2 is 1.77 bits per heavy atom. The second-order valence-corrected chi connectivity index (χ2v) is 8.50. The van der Waals surface area contributed by atoms with Crippen molar-refractivity contribution >= 4 is 49.8 Å². The molecule has 0 aliphatic carbocycles. The quantitative estimate of drug-likeness (QED) is 0.607. The van der Waals surface area contributed by atoms with Gasteiger partial charge in [0, 0.05) is 10.3 Å². The van der Waals surface area contributed by atoms with Crippen LogP contribution in [0.2, 0.25) is 0 Å². The number of hydrogen-bond acceptors (Lipinski definition) is 6. The Kier molecular flexibility index (Phi) is 5.60. The summed E-state index contributed by atoms with van der Waals surface area (Å²) in [7, 11) is -3.73. The van der Waals surface area contributed by atoms with Crippen LogP contribution in [-0.2, 0) is 10.0 Å². The number of nitrogens with zero attached hydrogens (tertiary/aromatic N) is 1. The summed E-state index contributed by atoms with van der Waals surface area (Å²) in [5, 5.41) is 4.44. The van der Waals surface area contributed by atoms with Crippen molar-refractivity contribution in [2.45, 2.75) is 9.79 Å². The van der Waals surface area contributed by atoms with E-state index in [1.807, 2.05) is 24.5 Å². The van der Waals surface area contributed by atoms with E-state index in [1.165, 1.54) is 29.3 Å². The van der Waals surface area contributed by atoms with Crippen molar-refractivity contribution in [2.75, 3.05) is 16.3 Å².